The SMILES string of the molecule is CN=C(NCCS(=O)C(C)(C)C)NC(C)CCS(C)(=O)=O.I. The first-order chi connectivity index (χ1) is 9.45. The van der Waals surface area contributed by atoms with Crippen LogP contribution in [0.25, 0.3) is 0 Å². The number of hydrogen-bond acceptors (Lipinski definition) is 4. The zero-order chi connectivity index (χ0) is 16.7. The lowest BCUT2D eigenvalue weighted by molar-refractivity contribution is 0.581. The van der Waals surface area contributed by atoms with Crippen LogP contribution >= 0.6 is 24.0 Å². The van der Waals surface area contributed by atoms with Crippen LogP contribution < -0.4 is 10.6 Å². The van der Waals surface area contributed by atoms with Crippen molar-refractivity contribution in [1.29, 1.82) is 0 Å². The minimum Gasteiger partial charge on any atom is -0.355 e. The lowest BCUT2D eigenvalue weighted by atomic mass is 10.3. The van der Waals surface area contributed by atoms with E-state index in [-0.39, 0.29) is 40.5 Å². The topological polar surface area (TPSA) is 87.6 Å². The highest BCUT2D eigenvalue weighted by Crippen LogP contribution is 2.10. The van der Waals surface area contributed by atoms with Crippen molar-refractivity contribution in [3.05, 3.63) is 0 Å². The fourth-order valence-electron chi connectivity index (χ4n) is 1.46. The Morgan fingerprint density at radius 1 is 1.32 bits per heavy atom. The minimum atomic E-state index is -2.95. The van der Waals surface area contributed by atoms with E-state index in [4.69, 9.17) is 0 Å². The van der Waals surface area contributed by atoms with Gasteiger partial charge in [0.25, 0.3) is 0 Å². The van der Waals surface area contributed by atoms with Crippen molar-refractivity contribution in [1.82, 2.24) is 10.6 Å². The van der Waals surface area contributed by atoms with Gasteiger partial charge >= 0.3 is 0 Å². The average Bonchev–Trinajstić information content (AvgIpc) is 2.32. The highest BCUT2D eigenvalue weighted by molar-refractivity contribution is 14.0. The largest absolute Gasteiger partial charge is 0.355 e. The molecule has 0 aliphatic rings. The third kappa shape index (κ3) is 12.6. The van der Waals surface area contributed by atoms with Gasteiger partial charge in [0.05, 0.1) is 5.75 Å². The van der Waals surface area contributed by atoms with Crippen LogP contribution in [0.4, 0.5) is 0 Å². The lowest BCUT2D eigenvalue weighted by Crippen LogP contribution is -2.44. The number of guanidine groups is 1. The molecular weight excluding hydrogens is 437 g/mol. The molecule has 0 saturated carbocycles. The number of rotatable bonds is 7. The molecule has 0 aliphatic heterocycles. The van der Waals surface area contributed by atoms with E-state index in [0.29, 0.717) is 24.7 Å². The molecule has 0 saturated heterocycles. The summed E-state index contributed by atoms with van der Waals surface area (Å²) in [5.74, 6) is 1.29. The maximum atomic E-state index is 11.9. The quantitative estimate of drug-likeness (QED) is 0.333. The monoisotopic (exact) mass is 467 g/mol. The third-order valence-corrected chi connectivity index (χ3v) is 5.71. The van der Waals surface area contributed by atoms with E-state index in [1.165, 1.54) is 6.26 Å². The van der Waals surface area contributed by atoms with Crippen LogP contribution in [0.15, 0.2) is 4.99 Å². The Hall–Kier alpha value is 0.1000. The van der Waals surface area contributed by atoms with Gasteiger partial charge in [0.2, 0.25) is 0 Å². The Labute approximate surface area is 154 Å². The van der Waals surface area contributed by atoms with Crippen molar-refractivity contribution in [2.75, 3.05) is 31.4 Å². The molecule has 0 bridgehead atoms. The van der Waals surface area contributed by atoms with Gasteiger partial charge in [-0.2, -0.15) is 0 Å². The van der Waals surface area contributed by atoms with Crippen LogP contribution in [-0.2, 0) is 20.6 Å². The summed E-state index contributed by atoms with van der Waals surface area (Å²) >= 11 is 0. The second-order valence-electron chi connectivity index (χ2n) is 6.12. The van der Waals surface area contributed by atoms with E-state index in [1.807, 2.05) is 27.7 Å². The zero-order valence-electron chi connectivity index (χ0n) is 14.3. The Bertz CT molecular complexity index is 473. The van der Waals surface area contributed by atoms with Crippen molar-refractivity contribution in [3.8, 4) is 0 Å². The summed E-state index contributed by atoms with van der Waals surface area (Å²) in [7, 11) is -2.20. The maximum absolute atomic E-state index is 11.9. The van der Waals surface area contributed by atoms with Crippen LogP contribution in [0.1, 0.15) is 34.1 Å². The van der Waals surface area contributed by atoms with Gasteiger partial charge in [0.1, 0.15) is 9.84 Å². The molecule has 0 aliphatic carbocycles. The second-order valence-corrected chi connectivity index (χ2v) is 10.7. The van der Waals surface area contributed by atoms with Crippen LogP contribution in [0.3, 0.4) is 0 Å². The molecule has 0 radical (unpaired) electrons. The summed E-state index contributed by atoms with van der Waals surface area (Å²) in [5.41, 5.74) is 0. The van der Waals surface area contributed by atoms with Crippen molar-refractivity contribution in [2.45, 2.75) is 44.9 Å². The van der Waals surface area contributed by atoms with Gasteiger partial charge in [0.15, 0.2) is 5.96 Å². The normalized spacial score (nSPS) is 15.6. The molecule has 2 unspecified atom stereocenters. The number of sulfone groups is 1. The molecule has 22 heavy (non-hydrogen) atoms. The van der Waals surface area contributed by atoms with E-state index in [9.17, 15) is 12.6 Å². The van der Waals surface area contributed by atoms with Gasteiger partial charge in [0, 0.05) is 47.2 Å². The Morgan fingerprint density at radius 3 is 2.27 bits per heavy atom. The molecule has 2 atom stereocenters. The van der Waals surface area contributed by atoms with Gasteiger partial charge in [-0.1, -0.05) is 0 Å². The summed E-state index contributed by atoms with van der Waals surface area (Å²) in [5, 5.41) is 6.22. The molecular formula is C13H30IN3O3S2. The number of nitrogens with zero attached hydrogens (tertiary/aromatic N) is 1. The van der Waals surface area contributed by atoms with Crippen molar-refractivity contribution in [3.63, 3.8) is 0 Å². The maximum Gasteiger partial charge on any atom is 0.191 e. The molecule has 134 valence electrons. The molecule has 0 rings (SSSR count). The lowest BCUT2D eigenvalue weighted by Gasteiger charge is -2.20. The van der Waals surface area contributed by atoms with Crippen LogP contribution in [-0.4, -0.2) is 60.7 Å². The predicted molar refractivity (Wildman–Crippen MR) is 106 cm³/mol. The van der Waals surface area contributed by atoms with Gasteiger partial charge in [-0.15, -0.1) is 24.0 Å². The standard InChI is InChI=1S/C13H29N3O3S2.HI/c1-11(7-10-21(6,18)19)16-12(14-5)15-8-9-20(17)13(2,3)4;/h11H,7-10H2,1-6H3,(H2,14,15,16);1H. The Balaban J connectivity index is 0. The zero-order valence-corrected chi connectivity index (χ0v) is 18.3. The highest BCUT2D eigenvalue weighted by atomic mass is 127. The van der Waals surface area contributed by atoms with Crippen molar-refractivity contribution >= 4 is 50.6 Å². The molecule has 0 aromatic rings. The molecule has 0 spiro atoms. The van der Waals surface area contributed by atoms with Crippen molar-refractivity contribution < 1.29 is 12.6 Å². The number of halogens is 1. The summed E-state index contributed by atoms with van der Waals surface area (Å²) in [4.78, 5) is 4.08. The molecule has 6 nitrogen and oxygen atoms in total. The first-order valence-electron chi connectivity index (χ1n) is 6.99. The third-order valence-electron chi connectivity index (χ3n) is 2.79. The van der Waals surface area contributed by atoms with E-state index >= 15 is 0 Å². The second kappa shape index (κ2) is 10.8. The summed E-state index contributed by atoms with van der Waals surface area (Å²) in [6.45, 7) is 8.31. The van der Waals surface area contributed by atoms with Gasteiger partial charge in [-0.3, -0.25) is 9.20 Å². The molecule has 0 aromatic heterocycles. The fourth-order valence-corrected chi connectivity index (χ4v) is 3.14. The number of nitrogens with one attached hydrogen (secondary N) is 2. The summed E-state index contributed by atoms with van der Waals surface area (Å²) in [6, 6.07) is -0.000890. The van der Waals surface area contributed by atoms with E-state index in [2.05, 4.69) is 15.6 Å². The Kier molecular flexibility index (Phi) is 12.0. The number of aliphatic imine (C=N–C) groups is 1. The first-order valence-corrected chi connectivity index (χ1v) is 10.4. The van der Waals surface area contributed by atoms with E-state index in [0.717, 1.165) is 0 Å². The first kappa shape index (κ1) is 24.4. The van der Waals surface area contributed by atoms with Gasteiger partial charge < -0.3 is 10.6 Å². The highest BCUT2D eigenvalue weighted by Gasteiger charge is 2.18. The molecule has 0 amide bonds. The molecule has 0 heterocycles. The van der Waals surface area contributed by atoms with Crippen LogP contribution in [0.5, 0.6) is 0 Å². The minimum absolute atomic E-state index is 0. The van der Waals surface area contributed by atoms with E-state index in [1.54, 1.807) is 7.05 Å². The predicted octanol–water partition coefficient (Wildman–Crippen LogP) is 1.14. The molecule has 0 aromatic carbocycles. The molecule has 0 fully saturated rings. The van der Waals surface area contributed by atoms with E-state index < -0.39 is 20.6 Å². The Morgan fingerprint density at radius 2 is 1.86 bits per heavy atom. The smallest absolute Gasteiger partial charge is 0.191 e. The molecule has 9 heteroatoms. The molecule has 2 N–H and O–H groups in total. The number of hydrogen-bond donors (Lipinski definition) is 2. The van der Waals surface area contributed by atoms with Crippen molar-refractivity contribution in [2.24, 2.45) is 4.99 Å². The van der Waals surface area contributed by atoms with Gasteiger partial charge in [-0.25, -0.2) is 8.42 Å². The average molecular weight is 467 g/mol. The summed E-state index contributed by atoms with van der Waals surface area (Å²) < 4.78 is 33.9. The summed E-state index contributed by atoms with van der Waals surface area (Å²) in [6.07, 6.45) is 1.75. The van der Waals surface area contributed by atoms with Crippen LogP contribution in [0.2, 0.25) is 0 Å². The van der Waals surface area contributed by atoms with Gasteiger partial charge in [-0.05, 0) is 34.1 Å². The van der Waals surface area contributed by atoms with Crippen LogP contribution in [0, 0.1) is 0 Å². The fraction of sp³-hybridized carbons (Fsp3) is 0.923.